The standard InChI is InChI=1S/C19H21NO/c1-19(2,15-10-4-3-5-11-15)18(21)16-12-6-8-14-9-7-13-20-17(14)16/h3-5,7,9-11,13,16H,6,8,12H2,1-2H3. The first-order valence-corrected chi connectivity index (χ1v) is 7.64. The number of Topliss-reactive ketones (excluding diaryl/α,β-unsaturated/α-hetero) is 1. The predicted octanol–water partition coefficient (Wildman–Crippen LogP) is 4.05. The largest absolute Gasteiger partial charge is 0.298 e. The van der Waals surface area contributed by atoms with Gasteiger partial charge in [0.05, 0.1) is 11.6 Å². The van der Waals surface area contributed by atoms with E-state index in [0.717, 1.165) is 30.5 Å². The average Bonchev–Trinajstić information content (AvgIpc) is 2.54. The fourth-order valence-electron chi connectivity index (χ4n) is 3.30. The van der Waals surface area contributed by atoms with Crippen LogP contribution in [0.3, 0.4) is 0 Å². The zero-order valence-corrected chi connectivity index (χ0v) is 12.7. The Morgan fingerprint density at radius 1 is 1.14 bits per heavy atom. The second-order valence-electron chi connectivity index (χ2n) is 6.35. The lowest BCUT2D eigenvalue weighted by Crippen LogP contribution is -2.35. The van der Waals surface area contributed by atoms with Gasteiger partial charge in [-0.2, -0.15) is 0 Å². The zero-order chi connectivity index (χ0) is 14.9. The summed E-state index contributed by atoms with van der Waals surface area (Å²) >= 11 is 0. The summed E-state index contributed by atoms with van der Waals surface area (Å²) in [7, 11) is 0. The molecule has 1 heterocycles. The van der Waals surface area contributed by atoms with Gasteiger partial charge in [0.15, 0.2) is 5.78 Å². The van der Waals surface area contributed by atoms with Gasteiger partial charge in [0, 0.05) is 11.6 Å². The molecule has 2 nitrogen and oxygen atoms in total. The van der Waals surface area contributed by atoms with Gasteiger partial charge in [0.2, 0.25) is 0 Å². The fourth-order valence-corrected chi connectivity index (χ4v) is 3.30. The van der Waals surface area contributed by atoms with Crippen molar-refractivity contribution in [3.8, 4) is 0 Å². The summed E-state index contributed by atoms with van der Waals surface area (Å²) in [6, 6.07) is 14.1. The number of aromatic nitrogens is 1. The maximum Gasteiger partial charge on any atom is 0.151 e. The summed E-state index contributed by atoms with van der Waals surface area (Å²) in [6.07, 6.45) is 4.83. The molecule has 108 valence electrons. The SMILES string of the molecule is CC(C)(C(=O)C1CCCc2cccnc21)c1ccccc1. The number of rotatable bonds is 3. The van der Waals surface area contributed by atoms with Gasteiger partial charge in [-0.1, -0.05) is 36.4 Å². The van der Waals surface area contributed by atoms with Crippen molar-refractivity contribution in [1.82, 2.24) is 4.98 Å². The summed E-state index contributed by atoms with van der Waals surface area (Å²) in [4.78, 5) is 17.7. The Bertz CT molecular complexity index is 646. The van der Waals surface area contributed by atoms with Crippen LogP contribution in [-0.2, 0) is 16.6 Å². The average molecular weight is 279 g/mol. The van der Waals surface area contributed by atoms with Crippen molar-refractivity contribution in [2.75, 3.05) is 0 Å². The molecule has 0 radical (unpaired) electrons. The minimum absolute atomic E-state index is 0.0647. The van der Waals surface area contributed by atoms with Crippen molar-refractivity contribution in [3.05, 3.63) is 65.5 Å². The van der Waals surface area contributed by atoms with E-state index in [1.165, 1.54) is 5.56 Å². The smallest absolute Gasteiger partial charge is 0.151 e. The van der Waals surface area contributed by atoms with Gasteiger partial charge >= 0.3 is 0 Å². The lowest BCUT2D eigenvalue weighted by molar-refractivity contribution is -0.125. The molecule has 1 aliphatic rings. The van der Waals surface area contributed by atoms with Crippen LogP contribution in [0.5, 0.6) is 0 Å². The summed E-state index contributed by atoms with van der Waals surface area (Å²) in [6.45, 7) is 4.06. The van der Waals surface area contributed by atoms with E-state index in [1.807, 2.05) is 50.2 Å². The highest BCUT2D eigenvalue weighted by Crippen LogP contribution is 2.37. The molecule has 1 unspecified atom stereocenters. The van der Waals surface area contributed by atoms with Crippen LogP contribution in [0.15, 0.2) is 48.7 Å². The molecule has 0 spiro atoms. The van der Waals surface area contributed by atoms with Crippen LogP contribution in [0.2, 0.25) is 0 Å². The third-order valence-electron chi connectivity index (χ3n) is 4.62. The van der Waals surface area contributed by atoms with Crippen molar-refractivity contribution in [3.63, 3.8) is 0 Å². The molecule has 1 aromatic carbocycles. The van der Waals surface area contributed by atoms with Crippen LogP contribution in [-0.4, -0.2) is 10.8 Å². The van der Waals surface area contributed by atoms with Crippen LogP contribution < -0.4 is 0 Å². The van der Waals surface area contributed by atoms with Gasteiger partial charge in [-0.3, -0.25) is 9.78 Å². The molecular weight excluding hydrogens is 258 g/mol. The number of carbonyl (C=O) groups excluding carboxylic acids is 1. The Morgan fingerprint density at radius 3 is 2.67 bits per heavy atom. The highest BCUT2D eigenvalue weighted by Gasteiger charge is 2.38. The zero-order valence-electron chi connectivity index (χ0n) is 12.7. The number of hydrogen-bond acceptors (Lipinski definition) is 2. The highest BCUT2D eigenvalue weighted by molar-refractivity contribution is 5.94. The topological polar surface area (TPSA) is 30.0 Å². The van der Waals surface area contributed by atoms with Crippen molar-refractivity contribution in [2.24, 2.45) is 0 Å². The number of nitrogens with zero attached hydrogens (tertiary/aromatic N) is 1. The van der Waals surface area contributed by atoms with Gasteiger partial charge < -0.3 is 0 Å². The predicted molar refractivity (Wildman–Crippen MR) is 84.4 cm³/mol. The summed E-state index contributed by atoms with van der Waals surface area (Å²) in [5.41, 5.74) is 2.85. The van der Waals surface area contributed by atoms with Gasteiger partial charge in [-0.05, 0) is 50.3 Å². The number of carbonyl (C=O) groups is 1. The van der Waals surface area contributed by atoms with E-state index in [9.17, 15) is 4.79 Å². The molecule has 0 saturated heterocycles. The number of ketones is 1. The first kappa shape index (κ1) is 14.0. The van der Waals surface area contributed by atoms with Crippen molar-refractivity contribution >= 4 is 5.78 Å². The molecule has 0 N–H and O–H groups in total. The maximum absolute atomic E-state index is 13.1. The summed E-state index contributed by atoms with van der Waals surface area (Å²) in [5.74, 6) is 0.221. The van der Waals surface area contributed by atoms with Crippen LogP contribution in [0.1, 0.15) is 49.4 Å². The molecule has 3 rings (SSSR count). The Balaban J connectivity index is 1.96. The van der Waals surface area contributed by atoms with E-state index in [-0.39, 0.29) is 11.7 Å². The van der Waals surface area contributed by atoms with Crippen LogP contribution >= 0.6 is 0 Å². The van der Waals surface area contributed by atoms with Gasteiger partial charge in [-0.15, -0.1) is 0 Å². The maximum atomic E-state index is 13.1. The minimum Gasteiger partial charge on any atom is -0.298 e. The first-order chi connectivity index (χ1) is 10.1. The third-order valence-corrected chi connectivity index (χ3v) is 4.62. The Kier molecular flexibility index (Phi) is 3.62. The second-order valence-corrected chi connectivity index (χ2v) is 6.35. The monoisotopic (exact) mass is 279 g/mol. The second kappa shape index (κ2) is 5.44. The quantitative estimate of drug-likeness (QED) is 0.848. The van der Waals surface area contributed by atoms with E-state index in [1.54, 1.807) is 6.20 Å². The molecule has 2 aromatic rings. The molecule has 1 aliphatic carbocycles. The van der Waals surface area contributed by atoms with Crippen molar-refractivity contribution in [2.45, 2.75) is 44.4 Å². The van der Waals surface area contributed by atoms with Crippen LogP contribution in [0, 0.1) is 0 Å². The van der Waals surface area contributed by atoms with Crippen LogP contribution in [0.4, 0.5) is 0 Å². The van der Waals surface area contributed by atoms with Crippen molar-refractivity contribution < 1.29 is 4.79 Å². The number of fused-ring (bicyclic) bond motifs is 1. The van der Waals surface area contributed by atoms with E-state index in [2.05, 4.69) is 11.1 Å². The fraction of sp³-hybridized carbons (Fsp3) is 0.368. The molecule has 2 heteroatoms. The molecule has 0 fully saturated rings. The summed E-state index contributed by atoms with van der Waals surface area (Å²) < 4.78 is 0. The summed E-state index contributed by atoms with van der Waals surface area (Å²) in [5, 5.41) is 0. The lowest BCUT2D eigenvalue weighted by Gasteiger charge is -2.31. The minimum atomic E-state index is -0.474. The number of pyridine rings is 1. The van der Waals surface area contributed by atoms with Gasteiger partial charge in [-0.25, -0.2) is 0 Å². The first-order valence-electron chi connectivity index (χ1n) is 7.64. The highest BCUT2D eigenvalue weighted by atomic mass is 16.1. The molecule has 1 aromatic heterocycles. The molecule has 1 atom stereocenters. The molecule has 0 bridgehead atoms. The Morgan fingerprint density at radius 2 is 1.90 bits per heavy atom. The lowest BCUT2D eigenvalue weighted by atomic mass is 9.71. The number of hydrogen-bond donors (Lipinski definition) is 0. The van der Waals surface area contributed by atoms with Gasteiger partial charge in [0.1, 0.15) is 0 Å². The molecule has 0 amide bonds. The van der Waals surface area contributed by atoms with E-state index >= 15 is 0 Å². The van der Waals surface area contributed by atoms with E-state index in [4.69, 9.17) is 0 Å². The Labute approximate surface area is 126 Å². The Hall–Kier alpha value is -1.96. The third kappa shape index (κ3) is 2.51. The molecule has 0 aliphatic heterocycles. The molecular formula is C19H21NO. The van der Waals surface area contributed by atoms with Crippen LogP contribution in [0.25, 0.3) is 0 Å². The molecule has 21 heavy (non-hydrogen) atoms. The molecule has 0 saturated carbocycles. The van der Waals surface area contributed by atoms with Crippen molar-refractivity contribution in [1.29, 1.82) is 0 Å². The van der Waals surface area contributed by atoms with E-state index < -0.39 is 5.41 Å². The number of benzene rings is 1. The normalized spacial score (nSPS) is 18.1. The van der Waals surface area contributed by atoms with Gasteiger partial charge in [0.25, 0.3) is 0 Å². The van der Waals surface area contributed by atoms with E-state index in [0.29, 0.717) is 0 Å². The number of aryl methyl sites for hydroxylation is 1.